The topological polar surface area (TPSA) is 57.9 Å². The van der Waals surface area contributed by atoms with Gasteiger partial charge in [-0.25, -0.2) is 0 Å². The van der Waals surface area contributed by atoms with Crippen LogP contribution in [-0.4, -0.2) is 18.7 Å². The summed E-state index contributed by atoms with van der Waals surface area (Å²) >= 11 is 0. The van der Waals surface area contributed by atoms with E-state index in [-0.39, 0.29) is 5.60 Å². The summed E-state index contributed by atoms with van der Waals surface area (Å²) in [7, 11) is -1.41. The Morgan fingerprint density at radius 2 is 1.96 bits per heavy atom. The number of nitrogens with zero attached hydrogens (tertiary/aromatic N) is 2. The highest BCUT2D eigenvalue weighted by atomic mass is 28.3. The molecule has 0 saturated heterocycles. The lowest BCUT2D eigenvalue weighted by molar-refractivity contribution is -0.0671. The molecule has 1 fully saturated rings. The Labute approximate surface area is 144 Å². The van der Waals surface area contributed by atoms with Gasteiger partial charge < -0.3 is 0 Å². The molecule has 4 nitrogen and oxygen atoms in total. The maximum atomic E-state index is 9.77. The number of allylic oxidation sites excluding steroid dienone is 1. The summed E-state index contributed by atoms with van der Waals surface area (Å²) in [5, 5.41) is 9.77. The first-order chi connectivity index (χ1) is 11.4. The fraction of sp³-hybridized carbons (Fsp3) is 0.474. The van der Waals surface area contributed by atoms with Crippen molar-refractivity contribution in [2.24, 2.45) is 0 Å². The molecule has 2 heterocycles. The molecular formula is C19H23N3OSi. The van der Waals surface area contributed by atoms with Crippen molar-refractivity contribution in [2.75, 3.05) is 0 Å². The molecule has 0 radical (unpaired) electrons. The maximum absolute atomic E-state index is 9.77. The van der Waals surface area contributed by atoms with Gasteiger partial charge in [0.1, 0.15) is 19.4 Å². The monoisotopic (exact) mass is 337 g/mol. The fourth-order valence-corrected chi connectivity index (χ4v) is 3.72. The predicted octanol–water partition coefficient (Wildman–Crippen LogP) is 3.46. The average Bonchev–Trinajstić information content (AvgIpc) is 2.98. The van der Waals surface area contributed by atoms with Crippen LogP contribution in [0.15, 0.2) is 36.2 Å². The van der Waals surface area contributed by atoms with Crippen molar-refractivity contribution >= 4 is 8.07 Å². The number of pyridine rings is 1. The largest absolute Gasteiger partial charge is 0.265 e. The van der Waals surface area contributed by atoms with Crippen LogP contribution in [0, 0.1) is 22.8 Å². The van der Waals surface area contributed by atoms with Crippen LogP contribution in [0.5, 0.6) is 0 Å². The molecule has 0 bridgehead atoms. The Hall–Kier alpha value is -2.08. The van der Waals surface area contributed by atoms with Crippen molar-refractivity contribution in [3.63, 3.8) is 0 Å². The third-order valence-electron chi connectivity index (χ3n) is 4.66. The smallest absolute Gasteiger partial charge is 0.129 e. The molecule has 1 aliphatic carbocycles. The molecule has 124 valence electrons. The number of aromatic nitrogens is 1. The van der Waals surface area contributed by atoms with Crippen LogP contribution in [-0.2, 0) is 10.3 Å². The van der Waals surface area contributed by atoms with Crippen LogP contribution in [0.2, 0.25) is 19.6 Å². The van der Waals surface area contributed by atoms with Crippen molar-refractivity contribution in [2.45, 2.75) is 56.3 Å². The average molecular weight is 337 g/mol. The molecule has 1 saturated carbocycles. The van der Waals surface area contributed by atoms with Gasteiger partial charge in [-0.1, -0.05) is 31.6 Å². The van der Waals surface area contributed by atoms with Gasteiger partial charge in [-0.3, -0.25) is 15.3 Å². The standard InChI is InChI=1S/C19H23N3OSi/c1-24(2,3)13-7-16-14-19(23-22-16)10-8-18(15-20,9-11-19)17-6-4-5-12-21-17/h4-6,12,14,22H,8-11H2,1-3H3. The van der Waals surface area contributed by atoms with Gasteiger partial charge in [-0.05, 0) is 43.9 Å². The number of nitrogens with one attached hydrogen (secondary N) is 1. The summed E-state index contributed by atoms with van der Waals surface area (Å²) in [6.45, 7) is 6.67. The molecular weight excluding hydrogens is 314 g/mol. The van der Waals surface area contributed by atoms with Crippen LogP contribution >= 0.6 is 0 Å². The normalized spacial score (nSPS) is 29.2. The summed E-state index contributed by atoms with van der Waals surface area (Å²) in [5.74, 6) is 3.22. The number of hydroxylamine groups is 1. The molecule has 1 aliphatic heterocycles. The Kier molecular flexibility index (Phi) is 4.25. The quantitative estimate of drug-likeness (QED) is 0.630. The zero-order valence-electron chi connectivity index (χ0n) is 14.5. The van der Waals surface area contributed by atoms with Gasteiger partial charge >= 0.3 is 0 Å². The second-order valence-electron chi connectivity index (χ2n) is 7.74. The van der Waals surface area contributed by atoms with Gasteiger partial charge in [0.05, 0.1) is 17.2 Å². The molecule has 1 aromatic rings. The molecule has 0 unspecified atom stereocenters. The zero-order chi connectivity index (χ0) is 17.3. The molecule has 5 heteroatoms. The van der Waals surface area contributed by atoms with Gasteiger partial charge in [0, 0.05) is 6.20 Å². The molecule has 24 heavy (non-hydrogen) atoms. The number of hydrogen-bond acceptors (Lipinski definition) is 4. The first kappa shape index (κ1) is 16.8. The highest BCUT2D eigenvalue weighted by Gasteiger charge is 2.46. The summed E-state index contributed by atoms with van der Waals surface area (Å²) in [5.41, 5.74) is 7.23. The van der Waals surface area contributed by atoms with E-state index >= 15 is 0 Å². The molecule has 2 aliphatic rings. The lowest BCUT2D eigenvalue weighted by Gasteiger charge is -2.38. The maximum Gasteiger partial charge on any atom is 0.129 e. The first-order valence-electron chi connectivity index (χ1n) is 8.39. The van der Waals surface area contributed by atoms with Gasteiger partial charge in [0.15, 0.2) is 0 Å². The van der Waals surface area contributed by atoms with Crippen LogP contribution in [0.25, 0.3) is 0 Å². The number of rotatable bonds is 1. The summed E-state index contributed by atoms with van der Waals surface area (Å²) in [6.07, 6.45) is 6.95. The minimum absolute atomic E-state index is 0.335. The first-order valence-corrected chi connectivity index (χ1v) is 11.9. The van der Waals surface area contributed by atoms with Crippen LogP contribution in [0.4, 0.5) is 0 Å². The highest BCUT2D eigenvalue weighted by molar-refractivity contribution is 6.83. The van der Waals surface area contributed by atoms with E-state index in [9.17, 15) is 5.26 Å². The SMILES string of the molecule is C[Si](C)(C)C#CC1=CC2(CCC(C#N)(c3ccccn3)CC2)ON1. The highest BCUT2D eigenvalue weighted by Crippen LogP contribution is 2.45. The van der Waals surface area contributed by atoms with E-state index in [1.165, 1.54) is 0 Å². The third kappa shape index (κ3) is 3.38. The van der Waals surface area contributed by atoms with E-state index in [1.807, 2.05) is 18.2 Å². The minimum atomic E-state index is -1.41. The lowest BCUT2D eigenvalue weighted by atomic mass is 9.67. The second-order valence-corrected chi connectivity index (χ2v) is 12.5. The van der Waals surface area contributed by atoms with E-state index in [0.29, 0.717) is 0 Å². The molecule has 1 N–H and O–H groups in total. The van der Waals surface area contributed by atoms with Gasteiger partial charge in [-0.2, -0.15) is 5.26 Å². The number of hydrogen-bond donors (Lipinski definition) is 1. The second kappa shape index (κ2) is 6.09. The Morgan fingerprint density at radius 3 is 2.54 bits per heavy atom. The van der Waals surface area contributed by atoms with Crippen molar-refractivity contribution in [3.8, 4) is 17.5 Å². The van der Waals surface area contributed by atoms with E-state index in [1.54, 1.807) is 6.20 Å². The van der Waals surface area contributed by atoms with Gasteiger partial charge in [0.25, 0.3) is 0 Å². The summed E-state index contributed by atoms with van der Waals surface area (Å²) in [4.78, 5) is 10.3. The molecule has 0 amide bonds. The van der Waals surface area contributed by atoms with Crippen molar-refractivity contribution in [3.05, 3.63) is 41.9 Å². The summed E-state index contributed by atoms with van der Waals surface area (Å²) < 4.78 is 0. The van der Waals surface area contributed by atoms with E-state index in [4.69, 9.17) is 4.84 Å². The van der Waals surface area contributed by atoms with Crippen molar-refractivity contribution in [1.29, 1.82) is 5.26 Å². The molecule has 0 atom stereocenters. The number of nitriles is 1. The minimum Gasteiger partial charge on any atom is -0.265 e. The Morgan fingerprint density at radius 1 is 1.21 bits per heavy atom. The summed E-state index contributed by atoms with van der Waals surface area (Å²) in [6, 6.07) is 8.30. The van der Waals surface area contributed by atoms with Crippen LogP contribution in [0.3, 0.4) is 0 Å². The zero-order valence-corrected chi connectivity index (χ0v) is 15.5. The fourth-order valence-electron chi connectivity index (χ4n) is 3.21. The van der Waals surface area contributed by atoms with Crippen molar-refractivity contribution < 1.29 is 4.84 Å². The third-order valence-corrected chi connectivity index (χ3v) is 5.54. The van der Waals surface area contributed by atoms with E-state index < -0.39 is 13.5 Å². The van der Waals surface area contributed by atoms with E-state index in [0.717, 1.165) is 37.1 Å². The van der Waals surface area contributed by atoms with Gasteiger partial charge in [0.2, 0.25) is 0 Å². The molecule has 0 aromatic carbocycles. The van der Waals surface area contributed by atoms with E-state index in [2.05, 4.69) is 53.7 Å². The molecule has 3 rings (SSSR count). The molecule has 1 aromatic heterocycles. The van der Waals surface area contributed by atoms with Crippen molar-refractivity contribution in [1.82, 2.24) is 10.5 Å². The van der Waals surface area contributed by atoms with Crippen LogP contribution < -0.4 is 5.48 Å². The van der Waals surface area contributed by atoms with Gasteiger partial charge in [-0.15, -0.1) is 5.54 Å². The predicted molar refractivity (Wildman–Crippen MR) is 96.2 cm³/mol. The van der Waals surface area contributed by atoms with Crippen LogP contribution in [0.1, 0.15) is 31.4 Å². The lowest BCUT2D eigenvalue weighted by Crippen LogP contribution is -2.41. The molecule has 1 spiro atoms. The Bertz CT molecular complexity index is 739. The Balaban J connectivity index is 1.76.